The number of aliphatic imine (C=N–C) groups is 1. The van der Waals surface area contributed by atoms with Gasteiger partial charge in [0.05, 0.1) is 17.4 Å². The second-order valence-electron chi connectivity index (χ2n) is 23.6. The van der Waals surface area contributed by atoms with Crippen molar-refractivity contribution < 1.29 is 4.74 Å². The molecule has 0 saturated carbocycles. The Balaban J connectivity index is 1.37. The Bertz CT molecular complexity index is 2790. The van der Waals surface area contributed by atoms with Gasteiger partial charge in [0.15, 0.2) is 0 Å². The van der Waals surface area contributed by atoms with Gasteiger partial charge in [0.1, 0.15) is 23.2 Å². The zero-order valence-electron chi connectivity index (χ0n) is 45.0. The molecule has 0 bridgehead atoms. The molecular formula is C64H80N4O. The van der Waals surface area contributed by atoms with E-state index in [1.54, 1.807) is 0 Å². The van der Waals surface area contributed by atoms with Crippen molar-refractivity contribution in [1.29, 1.82) is 0 Å². The number of benzene rings is 5. The van der Waals surface area contributed by atoms with E-state index in [2.05, 4.69) is 237 Å². The molecule has 2 aliphatic heterocycles. The third-order valence-corrected chi connectivity index (χ3v) is 15.1. The maximum atomic E-state index is 7.32. The van der Waals surface area contributed by atoms with Crippen LogP contribution in [-0.2, 0) is 10.8 Å². The molecule has 1 atom stereocenters. The van der Waals surface area contributed by atoms with E-state index in [1.165, 1.54) is 50.2 Å². The van der Waals surface area contributed by atoms with Crippen molar-refractivity contribution in [2.45, 2.75) is 158 Å². The highest BCUT2D eigenvalue weighted by molar-refractivity contribution is 6.13. The number of amidine groups is 1. The molecule has 5 heteroatoms. The largest absolute Gasteiger partial charge is 0.457 e. The molecule has 2 aliphatic rings. The van der Waals surface area contributed by atoms with Gasteiger partial charge in [-0.3, -0.25) is 9.89 Å². The SMILES string of the molecule is CC(C)c1cccc(C(C)C)c1-c1cc(Oc2ccc3c(c2)N(c2cc(C(C)(C)C)ccn2)c2ccccc2C3(C)C)cc(C2=N[C@H](C(C(C)C)C(C)C)CN2c2c(C(C)C)cccc2C(C)C)c1. The fraction of sp³-hybridized carbons (Fsp3) is 0.438. The third-order valence-electron chi connectivity index (χ3n) is 15.1. The van der Waals surface area contributed by atoms with Crippen molar-refractivity contribution >= 4 is 28.7 Å². The number of rotatable bonds is 13. The first-order valence-corrected chi connectivity index (χ1v) is 26.0. The molecule has 5 aromatic carbocycles. The second-order valence-corrected chi connectivity index (χ2v) is 23.6. The van der Waals surface area contributed by atoms with E-state index in [0.717, 1.165) is 52.2 Å². The van der Waals surface area contributed by atoms with Gasteiger partial charge in [-0.15, -0.1) is 0 Å². The van der Waals surface area contributed by atoms with Crippen molar-refractivity contribution in [2.75, 3.05) is 16.3 Å². The van der Waals surface area contributed by atoms with Crippen LogP contribution in [0.15, 0.2) is 120 Å². The summed E-state index contributed by atoms with van der Waals surface area (Å²) in [5.74, 6) is 6.20. The molecule has 0 spiro atoms. The first kappa shape index (κ1) is 49.7. The number of hydrogen-bond acceptors (Lipinski definition) is 5. The smallest absolute Gasteiger partial charge is 0.137 e. The summed E-state index contributed by atoms with van der Waals surface area (Å²) in [6, 6.07) is 40.8. The van der Waals surface area contributed by atoms with Crippen LogP contribution in [0.5, 0.6) is 11.5 Å². The van der Waals surface area contributed by atoms with Crippen LogP contribution in [0.4, 0.5) is 22.9 Å². The number of hydrogen-bond donors (Lipinski definition) is 0. The van der Waals surface area contributed by atoms with Gasteiger partial charge in [0.2, 0.25) is 0 Å². The lowest BCUT2D eigenvalue weighted by molar-refractivity contribution is 0.247. The second kappa shape index (κ2) is 19.3. The van der Waals surface area contributed by atoms with Gasteiger partial charge < -0.3 is 9.64 Å². The molecule has 1 aromatic heterocycles. The normalized spacial score (nSPS) is 15.9. The summed E-state index contributed by atoms with van der Waals surface area (Å²) in [6.07, 6.45) is 1.96. The van der Waals surface area contributed by atoms with Crippen LogP contribution in [0.25, 0.3) is 11.1 Å². The van der Waals surface area contributed by atoms with Crippen LogP contribution in [0.1, 0.15) is 186 Å². The minimum Gasteiger partial charge on any atom is -0.457 e. The van der Waals surface area contributed by atoms with Crippen LogP contribution in [0.2, 0.25) is 0 Å². The van der Waals surface area contributed by atoms with Gasteiger partial charge >= 0.3 is 0 Å². The Hall–Kier alpha value is -5.68. The van der Waals surface area contributed by atoms with Crippen molar-refractivity contribution in [2.24, 2.45) is 22.7 Å². The van der Waals surface area contributed by atoms with E-state index in [-0.39, 0.29) is 16.9 Å². The zero-order valence-corrected chi connectivity index (χ0v) is 45.0. The average molecular weight is 921 g/mol. The molecule has 0 saturated heterocycles. The summed E-state index contributed by atoms with van der Waals surface area (Å²) in [7, 11) is 0. The molecular weight excluding hydrogens is 841 g/mol. The van der Waals surface area contributed by atoms with Crippen molar-refractivity contribution in [3.63, 3.8) is 0 Å². The van der Waals surface area contributed by atoms with Gasteiger partial charge in [-0.2, -0.15) is 0 Å². The lowest BCUT2D eigenvalue weighted by atomic mass is 9.73. The fourth-order valence-corrected chi connectivity index (χ4v) is 11.6. The maximum Gasteiger partial charge on any atom is 0.137 e. The van der Waals surface area contributed by atoms with E-state index < -0.39 is 0 Å². The number of para-hydroxylation sites is 2. The summed E-state index contributed by atoms with van der Waals surface area (Å²) in [6.45, 7) is 40.4. The molecule has 0 N–H and O–H groups in total. The Morgan fingerprint density at radius 2 is 1.14 bits per heavy atom. The predicted octanol–water partition coefficient (Wildman–Crippen LogP) is 18.0. The first-order chi connectivity index (χ1) is 32.6. The van der Waals surface area contributed by atoms with Gasteiger partial charge in [0.25, 0.3) is 0 Å². The summed E-state index contributed by atoms with van der Waals surface area (Å²) < 4.78 is 7.32. The molecule has 5 nitrogen and oxygen atoms in total. The quantitative estimate of drug-likeness (QED) is 0.116. The molecule has 3 heterocycles. The van der Waals surface area contributed by atoms with Crippen LogP contribution >= 0.6 is 0 Å². The number of ether oxygens (including phenoxy) is 1. The highest BCUT2D eigenvalue weighted by Crippen LogP contribution is 2.53. The van der Waals surface area contributed by atoms with Crippen LogP contribution in [0.3, 0.4) is 0 Å². The maximum absolute atomic E-state index is 7.32. The Morgan fingerprint density at radius 1 is 0.580 bits per heavy atom. The van der Waals surface area contributed by atoms with Crippen LogP contribution < -0.4 is 14.5 Å². The fourth-order valence-electron chi connectivity index (χ4n) is 11.6. The average Bonchev–Trinajstić information content (AvgIpc) is 3.72. The predicted molar refractivity (Wildman–Crippen MR) is 295 cm³/mol. The Labute approximate surface area is 416 Å². The van der Waals surface area contributed by atoms with E-state index in [0.29, 0.717) is 41.4 Å². The van der Waals surface area contributed by atoms with Crippen molar-refractivity contribution in [3.05, 3.63) is 160 Å². The van der Waals surface area contributed by atoms with Gasteiger partial charge in [-0.25, -0.2) is 4.98 Å². The Kier molecular flexibility index (Phi) is 13.9. The van der Waals surface area contributed by atoms with E-state index >= 15 is 0 Å². The number of fused-ring (bicyclic) bond motifs is 2. The molecule has 0 amide bonds. The summed E-state index contributed by atoms with van der Waals surface area (Å²) >= 11 is 0. The van der Waals surface area contributed by atoms with E-state index in [9.17, 15) is 0 Å². The van der Waals surface area contributed by atoms with E-state index in [4.69, 9.17) is 14.7 Å². The monoisotopic (exact) mass is 921 g/mol. The van der Waals surface area contributed by atoms with Crippen LogP contribution in [0, 0.1) is 17.8 Å². The molecule has 0 fully saturated rings. The molecule has 69 heavy (non-hydrogen) atoms. The molecule has 6 aromatic rings. The summed E-state index contributed by atoms with van der Waals surface area (Å²) in [4.78, 5) is 15.9. The topological polar surface area (TPSA) is 41.0 Å². The molecule has 8 rings (SSSR count). The molecule has 362 valence electrons. The number of aromatic nitrogens is 1. The summed E-state index contributed by atoms with van der Waals surface area (Å²) in [5, 5.41) is 0. The van der Waals surface area contributed by atoms with E-state index in [1.807, 2.05) is 6.20 Å². The van der Waals surface area contributed by atoms with Gasteiger partial charge in [-0.1, -0.05) is 178 Å². The Morgan fingerprint density at radius 3 is 1.72 bits per heavy atom. The minimum atomic E-state index is -0.255. The number of pyridine rings is 1. The standard InChI is InChI=1S/C64H80N4O/c1-38(2)49-22-20-23-50(39(3)4)60(49)44-32-45(62-66-55(59(42(9)10)43(11)12)37-67(62)61-51(40(5)6)24-21-25-52(61)41(7)8)34-48(33-44)69-47-28-29-54-57(36-47)68(56-27-19-18-26-53(56)64(54,16)17)58-35-46(30-31-65-58)63(13,14)15/h18-36,38-43,55,59H,37H2,1-17H3/t55-/m0/s1. The van der Waals surface area contributed by atoms with Crippen molar-refractivity contribution in [1.82, 2.24) is 4.98 Å². The van der Waals surface area contributed by atoms with Crippen molar-refractivity contribution in [3.8, 4) is 22.6 Å². The zero-order chi connectivity index (χ0) is 49.9. The molecule has 0 aliphatic carbocycles. The first-order valence-electron chi connectivity index (χ1n) is 26.0. The summed E-state index contributed by atoms with van der Waals surface area (Å²) in [5.41, 5.74) is 15.9. The lowest BCUT2D eigenvalue weighted by Crippen LogP contribution is -2.36. The number of anilines is 4. The minimum absolute atomic E-state index is 0.0384. The van der Waals surface area contributed by atoms with Crippen LogP contribution in [-0.4, -0.2) is 23.4 Å². The van der Waals surface area contributed by atoms with Gasteiger partial charge in [0, 0.05) is 35.5 Å². The number of nitrogens with zero attached hydrogens (tertiary/aromatic N) is 4. The highest BCUT2D eigenvalue weighted by atomic mass is 16.5. The molecule has 0 radical (unpaired) electrons. The van der Waals surface area contributed by atoms with Gasteiger partial charge in [-0.05, 0) is 139 Å². The lowest BCUT2D eigenvalue weighted by Gasteiger charge is -2.41. The highest BCUT2D eigenvalue weighted by Gasteiger charge is 2.40. The molecule has 0 unspecified atom stereocenters. The third kappa shape index (κ3) is 9.52.